The predicted molar refractivity (Wildman–Crippen MR) is 79.1 cm³/mol. The molecule has 22 heavy (non-hydrogen) atoms. The number of fused-ring (bicyclic) bond motifs is 1. The second kappa shape index (κ2) is 7.91. The molecule has 0 aromatic heterocycles. The first-order valence-electron chi connectivity index (χ1n) is 7.20. The van der Waals surface area contributed by atoms with Crippen molar-refractivity contribution in [3.8, 4) is 11.5 Å². The summed E-state index contributed by atoms with van der Waals surface area (Å²) in [5, 5.41) is 0. The van der Waals surface area contributed by atoms with Crippen molar-refractivity contribution in [3.05, 3.63) is 23.3 Å². The van der Waals surface area contributed by atoms with Gasteiger partial charge in [0.1, 0.15) is 13.2 Å². The summed E-state index contributed by atoms with van der Waals surface area (Å²) in [6.07, 6.45) is 0. The number of hydrogen-bond donors (Lipinski definition) is 0. The topological polar surface area (TPSA) is 71.1 Å². The van der Waals surface area contributed by atoms with Crippen molar-refractivity contribution in [3.63, 3.8) is 0 Å². The lowest BCUT2D eigenvalue weighted by Crippen LogP contribution is -2.16. The molecule has 1 aliphatic rings. The van der Waals surface area contributed by atoms with E-state index in [1.54, 1.807) is 12.1 Å². The number of carbonyl (C=O) groups excluding carboxylic acids is 2. The first-order valence-corrected chi connectivity index (χ1v) is 7.20. The monoisotopic (exact) mass is 308 g/mol. The van der Waals surface area contributed by atoms with Crippen molar-refractivity contribution in [2.45, 2.75) is 13.8 Å². The Morgan fingerprint density at radius 1 is 0.727 bits per heavy atom. The number of ketones is 2. The van der Waals surface area contributed by atoms with Gasteiger partial charge in [0.15, 0.2) is 23.1 Å². The van der Waals surface area contributed by atoms with E-state index in [-0.39, 0.29) is 11.6 Å². The molecular weight excluding hydrogens is 288 g/mol. The number of ether oxygens (including phenoxy) is 4. The van der Waals surface area contributed by atoms with E-state index in [4.69, 9.17) is 18.9 Å². The Kier molecular flexibility index (Phi) is 5.91. The molecule has 0 radical (unpaired) electrons. The van der Waals surface area contributed by atoms with E-state index in [0.29, 0.717) is 62.3 Å². The minimum atomic E-state index is -0.192. The van der Waals surface area contributed by atoms with Crippen LogP contribution >= 0.6 is 0 Å². The average Bonchev–Trinajstić information content (AvgIpc) is 2.47. The second-order valence-electron chi connectivity index (χ2n) is 4.88. The minimum absolute atomic E-state index is 0.192. The lowest BCUT2D eigenvalue weighted by Gasteiger charge is -2.17. The van der Waals surface area contributed by atoms with E-state index in [0.717, 1.165) is 0 Å². The van der Waals surface area contributed by atoms with Gasteiger partial charge in [0.25, 0.3) is 0 Å². The number of hydrogen-bond acceptors (Lipinski definition) is 6. The SMILES string of the molecule is CC(=O)c1cc2c(cc1C(C)=O)OCCOCCOCCO2. The van der Waals surface area contributed by atoms with Gasteiger partial charge in [-0.2, -0.15) is 0 Å². The Labute approximate surface area is 129 Å². The second-order valence-corrected chi connectivity index (χ2v) is 4.88. The summed E-state index contributed by atoms with van der Waals surface area (Å²) in [4.78, 5) is 23.5. The van der Waals surface area contributed by atoms with E-state index in [2.05, 4.69) is 0 Å². The predicted octanol–water partition coefficient (Wildman–Crippen LogP) is 1.90. The highest BCUT2D eigenvalue weighted by Gasteiger charge is 2.18. The fraction of sp³-hybridized carbons (Fsp3) is 0.500. The summed E-state index contributed by atoms with van der Waals surface area (Å²) >= 11 is 0. The highest BCUT2D eigenvalue weighted by Crippen LogP contribution is 2.32. The molecule has 0 amide bonds. The molecule has 0 spiro atoms. The van der Waals surface area contributed by atoms with Gasteiger partial charge in [0, 0.05) is 11.1 Å². The van der Waals surface area contributed by atoms with E-state index < -0.39 is 0 Å². The van der Waals surface area contributed by atoms with Crippen LogP contribution in [0.5, 0.6) is 11.5 Å². The first kappa shape index (κ1) is 16.5. The Morgan fingerprint density at radius 2 is 1.09 bits per heavy atom. The molecular formula is C16H20O6. The van der Waals surface area contributed by atoms with Crippen LogP contribution in [0.15, 0.2) is 12.1 Å². The maximum absolute atomic E-state index is 11.7. The largest absolute Gasteiger partial charge is 0.487 e. The lowest BCUT2D eigenvalue weighted by atomic mass is 10.0. The fourth-order valence-electron chi connectivity index (χ4n) is 2.11. The molecule has 0 saturated carbocycles. The minimum Gasteiger partial charge on any atom is -0.487 e. The van der Waals surface area contributed by atoms with Crippen LogP contribution in [0.2, 0.25) is 0 Å². The summed E-state index contributed by atoms with van der Waals surface area (Å²) in [7, 11) is 0. The van der Waals surface area contributed by atoms with Crippen molar-refractivity contribution >= 4 is 11.6 Å². The average molecular weight is 308 g/mol. The van der Waals surface area contributed by atoms with E-state index in [1.807, 2.05) is 0 Å². The standard InChI is InChI=1S/C16H20O6/c1-11(17)13-9-15-16(10-14(13)12(2)18)22-8-6-20-4-3-19-5-7-21-15/h9-10H,3-8H2,1-2H3. The molecule has 0 saturated heterocycles. The molecule has 2 rings (SSSR count). The van der Waals surface area contributed by atoms with Gasteiger partial charge in [-0.15, -0.1) is 0 Å². The molecule has 6 nitrogen and oxygen atoms in total. The van der Waals surface area contributed by atoms with Crippen LogP contribution in [0.25, 0.3) is 0 Å². The number of carbonyl (C=O) groups is 2. The van der Waals surface area contributed by atoms with Crippen LogP contribution in [0, 0.1) is 0 Å². The maximum atomic E-state index is 11.7. The summed E-state index contributed by atoms with van der Waals surface area (Å²) in [5.74, 6) is 0.475. The molecule has 1 aliphatic heterocycles. The Bertz CT molecular complexity index is 503. The van der Waals surface area contributed by atoms with Crippen LogP contribution in [-0.4, -0.2) is 51.2 Å². The molecule has 0 bridgehead atoms. The van der Waals surface area contributed by atoms with Crippen molar-refractivity contribution in [1.29, 1.82) is 0 Å². The van der Waals surface area contributed by atoms with Crippen molar-refractivity contribution < 1.29 is 28.5 Å². The van der Waals surface area contributed by atoms with Crippen molar-refractivity contribution in [2.24, 2.45) is 0 Å². The van der Waals surface area contributed by atoms with Gasteiger partial charge in [0.05, 0.1) is 26.4 Å². The molecule has 0 fully saturated rings. The Hall–Kier alpha value is -1.92. The van der Waals surface area contributed by atoms with Gasteiger partial charge < -0.3 is 18.9 Å². The summed E-state index contributed by atoms with van der Waals surface area (Å²) in [5.41, 5.74) is 0.665. The molecule has 0 N–H and O–H groups in total. The van der Waals surface area contributed by atoms with Gasteiger partial charge in [-0.1, -0.05) is 0 Å². The molecule has 120 valence electrons. The zero-order valence-corrected chi connectivity index (χ0v) is 12.8. The Balaban J connectivity index is 2.34. The molecule has 1 heterocycles. The van der Waals surface area contributed by atoms with Crippen LogP contribution in [0.4, 0.5) is 0 Å². The maximum Gasteiger partial charge on any atom is 0.162 e. The van der Waals surface area contributed by atoms with Crippen molar-refractivity contribution in [1.82, 2.24) is 0 Å². The summed E-state index contributed by atoms with van der Waals surface area (Å²) < 4.78 is 22.0. The van der Waals surface area contributed by atoms with E-state index >= 15 is 0 Å². The quantitative estimate of drug-likeness (QED) is 0.777. The highest BCUT2D eigenvalue weighted by atomic mass is 16.6. The molecule has 6 heteroatoms. The third-order valence-corrected chi connectivity index (χ3v) is 3.18. The van der Waals surface area contributed by atoms with Crippen molar-refractivity contribution in [2.75, 3.05) is 39.6 Å². The highest BCUT2D eigenvalue weighted by molar-refractivity contribution is 6.07. The van der Waals surface area contributed by atoms with Gasteiger partial charge in [-0.25, -0.2) is 0 Å². The molecule has 0 unspecified atom stereocenters. The zero-order chi connectivity index (χ0) is 15.9. The smallest absolute Gasteiger partial charge is 0.162 e. The van der Waals surface area contributed by atoms with Gasteiger partial charge in [-0.05, 0) is 26.0 Å². The zero-order valence-electron chi connectivity index (χ0n) is 12.8. The summed E-state index contributed by atoms with van der Waals surface area (Å²) in [6, 6.07) is 3.11. The number of benzene rings is 1. The van der Waals surface area contributed by atoms with Crippen LogP contribution in [0.1, 0.15) is 34.6 Å². The molecule has 0 atom stereocenters. The molecule has 0 aliphatic carbocycles. The number of rotatable bonds is 2. The first-order chi connectivity index (χ1) is 10.6. The van der Waals surface area contributed by atoms with E-state index in [9.17, 15) is 9.59 Å². The third kappa shape index (κ3) is 4.29. The summed E-state index contributed by atoms with van der Waals surface area (Å²) in [6.45, 7) is 5.30. The van der Waals surface area contributed by atoms with Crippen LogP contribution in [0.3, 0.4) is 0 Å². The Morgan fingerprint density at radius 3 is 1.45 bits per heavy atom. The molecule has 1 aromatic carbocycles. The lowest BCUT2D eigenvalue weighted by molar-refractivity contribution is 0.0223. The normalized spacial score (nSPS) is 16.3. The number of Topliss-reactive ketones (excluding diaryl/α,β-unsaturated/α-hetero) is 2. The van der Waals surface area contributed by atoms with E-state index in [1.165, 1.54) is 13.8 Å². The van der Waals surface area contributed by atoms with Gasteiger partial charge in [-0.3, -0.25) is 9.59 Å². The van der Waals surface area contributed by atoms with Gasteiger partial charge in [0.2, 0.25) is 0 Å². The van der Waals surface area contributed by atoms with Crippen LogP contribution in [-0.2, 0) is 9.47 Å². The van der Waals surface area contributed by atoms with Crippen LogP contribution < -0.4 is 9.47 Å². The third-order valence-electron chi connectivity index (χ3n) is 3.18. The van der Waals surface area contributed by atoms with Gasteiger partial charge >= 0.3 is 0 Å². The fourth-order valence-corrected chi connectivity index (χ4v) is 2.11. The molecule has 1 aromatic rings.